The fourth-order valence-electron chi connectivity index (χ4n) is 3.61. The third-order valence-corrected chi connectivity index (χ3v) is 6.37. The number of nitrogens with zero attached hydrogens (tertiary/aromatic N) is 3. The number of rotatable bonds is 4. The monoisotopic (exact) mass is 394 g/mol. The van der Waals surface area contributed by atoms with Gasteiger partial charge in [0.05, 0.1) is 24.3 Å². The van der Waals surface area contributed by atoms with Gasteiger partial charge in [0.25, 0.3) is 5.91 Å². The number of thiophene rings is 1. The van der Waals surface area contributed by atoms with Crippen LogP contribution in [0.2, 0.25) is 0 Å². The number of hydrogen-bond acceptors (Lipinski definition) is 6. The number of aromatic nitrogens is 2. The molecule has 7 heteroatoms. The van der Waals surface area contributed by atoms with Gasteiger partial charge in [0.2, 0.25) is 0 Å². The second-order valence-corrected chi connectivity index (χ2v) is 8.65. The molecule has 1 aliphatic heterocycles. The summed E-state index contributed by atoms with van der Waals surface area (Å²) < 4.78 is 5.45. The molecule has 0 atom stereocenters. The summed E-state index contributed by atoms with van der Waals surface area (Å²) in [6.45, 7) is 5.17. The first-order valence-corrected chi connectivity index (χ1v) is 10.5. The topological polar surface area (TPSA) is 67.4 Å². The lowest BCUT2D eigenvalue weighted by Crippen LogP contribution is -2.37. The lowest BCUT2D eigenvalue weighted by Gasteiger charge is -2.28. The molecule has 5 rings (SSSR count). The predicted molar refractivity (Wildman–Crippen MR) is 111 cm³/mol. The molecule has 28 heavy (non-hydrogen) atoms. The minimum Gasteiger partial charge on any atom is -0.378 e. The molecule has 1 amide bonds. The second-order valence-electron chi connectivity index (χ2n) is 7.40. The summed E-state index contributed by atoms with van der Waals surface area (Å²) in [5, 5.41) is 13.8. The summed E-state index contributed by atoms with van der Waals surface area (Å²) in [6.07, 6.45) is 4.01. The van der Waals surface area contributed by atoms with Crippen LogP contribution in [-0.4, -0.2) is 48.4 Å². The van der Waals surface area contributed by atoms with Crippen LogP contribution < -0.4 is 10.2 Å². The van der Waals surface area contributed by atoms with Gasteiger partial charge in [-0.2, -0.15) is 5.10 Å². The first-order chi connectivity index (χ1) is 13.7. The van der Waals surface area contributed by atoms with Gasteiger partial charge >= 0.3 is 0 Å². The van der Waals surface area contributed by atoms with E-state index < -0.39 is 0 Å². The van der Waals surface area contributed by atoms with Crippen LogP contribution in [0.25, 0.3) is 21.9 Å². The van der Waals surface area contributed by atoms with Crippen molar-refractivity contribution < 1.29 is 9.53 Å². The van der Waals surface area contributed by atoms with E-state index in [0.29, 0.717) is 6.04 Å². The lowest BCUT2D eigenvalue weighted by atomic mass is 10.0. The standard InChI is InChI=1S/C21H22N4O2S/c1-13-18(11-19(28-13)21(26)23-16-3-4-16)14-2-5-17-15(10-14)12-22-24-20(17)25-6-8-27-9-7-25/h2,5,10-12,16H,3-4,6-9H2,1H3,(H,23,26). The summed E-state index contributed by atoms with van der Waals surface area (Å²) in [4.78, 5) is 16.5. The van der Waals surface area contributed by atoms with E-state index in [9.17, 15) is 4.79 Å². The number of morpholine rings is 1. The van der Waals surface area contributed by atoms with Gasteiger partial charge in [-0.05, 0) is 49.1 Å². The molecule has 0 spiro atoms. The molecule has 2 aliphatic rings. The summed E-state index contributed by atoms with van der Waals surface area (Å²) >= 11 is 1.56. The molecule has 1 saturated carbocycles. The molecule has 3 aromatic rings. The average molecular weight is 395 g/mol. The zero-order valence-electron chi connectivity index (χ0n) is 15.8. The third-order valence-electron chi connectivity index (χ3n) is 5.32. The van der Waals surface area contributed by atoms with Gasteiger partial charge in [-0.15, -0.1) is 16.4 Å². The normalized spacial score (nSPS) is 17.1. The van der Waals surface area contributed by atoms with Crippen LogP contribution in [0.5, 0.6) is 0 Å². The molecule has 1 aromatic carbocycles. The highest BCUT2D eigenvalue weighted by Gasteiger charge is 2.25. The summed E-state index contributed by atoms with van der Waals surface area (Å²) in [5.74, 6) is 0.960. The van der Waals surface area contributed by atoms with Crippen LogP contribution in [0.4, 0.5) is 5.82 Å². The molecule has 1 saturated heterocycles. The number of carbonyl (C=O) groups is 1. The zero-order chi connectivity index (χ0) is 19.1. The van der Waals surface area contributed by atoms with Crippen molar-refractivity contribution in [2.24, 2.45) is 0 Å². The van der Waals surface area contributed by atoms with Crippen molar-refractivity contribution in [3.63, 3.8) is 0 Å². The molecule has 2 fully saturated rings. The van der Waals surface area contributed by atoms with Crippen molar-refractivity contribution in [1.29, 1.82) is 0 Å². The molecule has 6 nitrogen and oxygen atoms in total. The number of carbonyl (C=O) groups excluding carboxylic acids is 1. The van der Waals surface area contributed by atoms with Crippen molar-refractivity contribution in [1.82, 2.24) is 15.5 Å². The Morgan fingerprint density at radius 2 is 2.07 bits per heavy atom. The number of fused-ring (bicyclic) bond motifs is 1. The molecule has 0 bridgehead atoms. The van der Waals surface area contributed by atoms with Gasteiger partial charge in [-0.25, -0.2) is 0 Å². The molecule has 1 aliphatic carbocycles. The Hall–Kier alpha value is -2.51. The van der Waals surface area contributed by atoms with Gasteiger partial charge in [-0.1, -0.05) is 6.07 Å². The van der Waals surface area contributed by atoms with E-state index in [0.717, 1.165) is 76.6 Å². The van der Waals surface area contributed by atoms with Crippen molar-refractivity contribution in [3.8, 4) is 11.1 Å². The maximum absolute atomic E-state index is 12.4. The molecule has 144 valence electrons. The lowest BCUT2D eigenvalue weighted by molar-refractivity contribution is 0.0955. The summed E-state index contributed by atoms with van der Waals surface area (Å²) in [6, 6.07) is 8.76. The predicted octanol–water partition coefficient (Wildman–Crippen LogP) is 3.40. The first-order valence-electron chi connectivity index (χ1n) is 9.69. The SMILES string of the molecule is Cc1sc(C(=O)NC2CC2)cc1-c1ccc2c(N3CCOCC3)nncc2c1. The number of nitrogens with one attached hydrogen (secondary N) is 1. The Balaban J connectivity index is 1.48. The smallest absolute Gasteiger partial charge is 0.261 e. The maximum Gasteiger partial charge on any atom is 0.261 e. The second kappa shape index (κ2) is 7.14. The van der Waals surface area contributed by atoms with E-state index in [1.54, 1.807) is 11.3 Å². The Morgan fingerprint density at radius 3 is 2.86 bits per heavy atom. The highest BCUT2D eigenvalue weighted by atomic mass is 32.1. The van der Waals surface area contributed by atoms with E-state index in [1.165, 1.54) is 0 Å². The number of hydrogen-bond donors (Lipinski definition) is 1. The quantitative estimate of drug-likeness (QED) is 0.735. The number of amides is 1. The maximum atomic E-state index is 12.4. The van der Waals surface area contributed by atoms with Crippen LogP contribution in [0, 0.1) is 6.92 Å². The fraction of sp³-hybridized carbons (Fsp3) is 0.381. The zero-order valence-corrected chi connectivity index (χ0v) is 16.6. The van der Waals surface area contributed by atoms with E-state index in [4.69, 9.17) is 4.74 Å². The van der Waals surface area contributed by atoms with Gasteiger partial charge in [0.15, 0.2) is 5.82 Å². The van der Waals surface area contributed by atoms with E-state index in [1.807, 2.05) is 12.3 Å². The Bertz CT molecular complexity index is 1040. The minimum absolute atomic E-state index is 0.0445. The largest absolute Gasteiger partial charge is 0.378 e. The van der Waals surface area contributed by atoms with Crippen LogP contribution in [0.1, 0.15) is 27.4 Å². The van der Waals surface area contributed by atoms with Crippen LogP contribution in [-0.2, 0) is 4.74 Å². The minimum atomic E-state index is 0.0445. The molecule has 2 aromatic heterocycles. The Kier molecular flexibility index (Phi) is 4.49. The fourth-order valence-corrected chi connectivity index (χ4v) is 4.56. The number of ether oxygens (including phenoxy) is 1. The highest BCUT2D eigenvalue weighted by Crippen LogP contribution is 2.34. The van der Waals surface area contributed by atoms with Crippen molar-refractivity contribution in [3.05, 3.63) is 40.2 Å². The van der Waals surface area contributed by atoms with Crippen LogP contribution in [0.15, 0.2) is 30.5 Å². The summed E-state index contributed by atoms with van der Waals surface area (Å²) in [7, 11) is 0. The molecule has 0 unspecified atom stereocenters. The summed E-state index contributed by atoms with van der Waals surface area (Å²) in [5.41, 5.74) is 2.21. The average Bonchev–Trinajstić information content (AvgIpc) is 3.46. The van der Waals surface area contributed by atoms with Gasteiger partial charge in [-0.3, -0.25) is 4.79 Å². The number of benzene rings is 1. The van der Waals surface area contributed by atoms with Crippen molar-refractivity contribution >= 4 is 33.8 Å². The highest BCUT2D eigenvalue weighted by molar-refractivity contribution is 7.14. The van der Waals surface area contributed by atoms with Crippen molar-refractivity contribution in [2.45, 2.75) is 25.8 Å². The number of aryl methyl sites for hydroxylation is 1. The number of anilines is 1. The molecule has 1 N–H and O–H groups in total. The van der Waals surface area contributed by atoms with Gasteiger partial charge in [0.1, 0.15) is 0 Å². The van der Waals surface area contributed by atoms with Crippen LogP contribution in [0.3, 0.4) is 0 Å². The van der Waals surface area contributed by atoms with Crippen molar-refractivity contribution in [2.75, 3.05) is 31.2 Å². The van der Waals surface area contributed by atoms with E-state index in [2.05, 4.69) is 45.5 Å². The third kappa shape index (κ3) is 3.36. The first kappa shape index (κ1) is 17.6. The molecule has 0 radical (unpaired) electrons. The Morgan fingerprint density at radius 1 is 1.25 bits per heavy atom. The van der Waals surface area contributed by atoms with Gasteiger partial charge < -0.3 is 15.0 Å². The molecular weight excluding hydrogens is 372 g/mol. The Labute approximate surface area is 167 Å². The van der Waals surface area contributed by atoms with Gasteiger partial charge in [0, 0.05) is 34.8 Å². The van der Waals surface area contributed by atoms with E-state index in [-0.39, 0.29) is 5.91 Å². The van der Waals surface area contributed by atoms with E-state index >= 15 is 0 Å². The molecule has 3 heterocycles. The van der Waals surface area contributed by atoms with Crippen LogP contribution >= 0.6 is 11.3 Å². The molecular formula is C21H22N4O2S.